The number of amides is 1. The number of halogens is 1. The van der Waals surface area contributed by atoms with Gasteiger partial charge in [0.25, 0.3) is 0 Å². The van der Waals surface area contributed by atoms with Crippen molar-refractivity contribution in [1.82, 2.24) is 0 Å². The standard InChI is InChI=1S/C24H24FNO5/c1-28-21-13-7-16(23(29-2)24(21)30-3)8-14-22(27)26-18-9-11-19(12-10-18)31-20-6-4-5-17(25)15-20/h4-7,9-13,15H,8,14H2,1-3H3,(H,26,27). The molecule has 3 rings (SSSR count). The lowest BCUT2D eigenvalue weighted by Gasteiger charge is -2.15. The van der Waals surface area contributed by atoms with Gasteiger partial charge in [-0.15, -0.1) is 0 Å². The van der Waals surface area contributed by atoms with E-state index in [1.54, 1.807) is 63.8 Å². The molecule has 0 saturated carbocycles. The van der Waals surface area contributed by atoms with Crippen LogP contribution in [0.5, 0.6) is 28.7 Å². The Morgan fingerprint density at radius 2 is 1.61 bits per heavy atom. The Morgan fingerprint density at radius 3 is 2.26 bits per heavy atom. The number of nitrogens with one attached hydrogen (secondary N) is 1. The first-order valence-electron chi connectivity index (χ1n) is 9.65. The Kier molecular flexibility index (Phi) is 7.32. The highest BCUT2D eigenvalue weighted by molar-refractivity contribution is 5.91. The van der Waals surface area contributed by atoms with E-state index in [0.29, 0.717) is 40.9 Å². The van der Waals surface area contributed by atoms with Gasteiger partial charge in [0.2, 0.25) is 11.7 Å². The molecule has 0 heterocycles. The molecule has 0 radical (unpaired) electrons. The zero-order valence-electron chi connectivity index (χ0n) is 17.6. The molecule has 7 heteroatoms. The lowest BCUT2D eigenvalue weighted by atomic mass is 10.1. The Morgan fingerprint density at radius 1 is 0.871 bits per heavy atom. The van der Waals surface area contributed by atoms with Crippen molar-refractivity contribution in [1.29, 1.82) is 0 Å². The number of hydrogen-bond donors (Lipinski definition) is 1. The van der Waals surface area contributed by atoms with Gasteiger partial charge >= 0.3 is 0 Å². The number of aryl methyl sites for hydroxylation is 1. The van der Waals surface area contributed by atoms with Crippen molar-refractivity contribution >= 4 is 11.6 Å². The Bertz CT molecular complexity index is 1040. The Labute approximate surface area is 180 Å². The minimum atomic E-state index is -0.368. The van der Waals surface area contributed by atoms with E-state index in [1.165, 1.54) is 12.1 Å². The summed E-state index contributed by atoms with van der Waals surface area (Å²) in [5.41, 5.74) is 1.48. The molecule has 0 fully saturated rings. The summed E-state index contributed by atoms with van der Waals surface area (Å²) in [6.45, 7) is 0. The molecule has 3 aromatic carbocycles. The second kappa shape index (κ2) is 10.3. The van der Waals surface area contributed by atoms with Crippen LogP contribution < -0.4 is 24.3 Å². The van der Waals surface area contributed by atoms with Crippen molar-refractivity contribution in [3.8, 4) is 28.7 Å². The molecule has 6 nitrogen and oxygen atoms in total. The van der Waals surface area contributed by atoms with Gasteiger partial charge in [-0.1, -0.05) is 12.1 Å². The summed E-state index contributed by atoms with van der Waals surface area (Å²) in [6, 6.07) is 16.4. The summed E-state index contributed by atoms with van der Waals surface area (Å²) >= 11 is 0. The summed E-state index contributed by atoms with van der Waals surface area (Å²) in [5, 5.41) is 2.85. The zero-order chi connectivity index (χ0) is 22.2. The van der Waals surface area contributed by atoms with E-state index in [9.17, 15) is 9.18 Å². The fourth-order valence-electron chi connectivity index (χ4n) is 3.10. The van der Waals surface area contributed by atoms with Gasteiger partial charge in [-0.25, -0.2) is 4.39 Å². The summed E-state index contributed by atoms with van der Waals surface area (Å²) < 4.78 is 35.0. The first-order valence-corrected chi connectivity index (χ1v) is 9.65. The van der Waals surface area contributed by atoms with Crippen molar-refractivity contribution in [2.45, 2.75) is 12.8 Å². The maximum atomic E-state index is 13.3. The predicted octanol–water partition coefficient (Wildman–Crippen LogP) is 5.22. The third-order valence-electron chi connectivity index (χ3n) is 4.58. The van der Waals surface area contributed by atoms with Crippen LogP contribution >= 0.6 is 0 Å². The summed E-state index contributed by atoms with van der Waals surface area (Å²) in [6.07, 6.45) is 0.726. The van der Waals surface area contributed by atoms with Crippen LogP contribution in [0, 0.1) is 5.82 Å². The fraction of sp³-hybridized carbons (Fsp3) is 0.208. The van der Waals surface area contributed by atoms with E-state index in [-0.39, 0.29) is 18.1 Å². The van der Waals surface area contributed by atoms with Crippen LogP contribution in [-0.4, -0.2) is 27.2 Å². The molecular weight excluding hydrogens is 401 g/mol. The van der Waals surface area contributed by atoms with E-state index in [2.05, 4.69) is 5.32 Å². The van der Waals surface area contributed by atoms with E-state index >= 15 is 0 Å². The molecule has 0 aliphatic heterocycles. The number of anilines is 1. The number of methoxy groups -OCH3 is 3. The van der Waals surface area contributed by atoms with Crippen LogP contribution in [0.2, 0.25) is 0 Å². The maximum absolute atomic E-state index is 13.3. The molecule has 0 aliphatic carbocycles. The van der Waals surface area contributed by atoms with Gasteiger partial charge < -0.3 is 24.3 Å². The smallest absolute Gasteiger partial charge is 0.224 e. The van der Waals surface area contributed by atoms with E-state index in [0.717, 1.165) is 5.56 Å². The van der Waals surface area contributed by atoms with Crippen LogP contribution in [0.3, 0.4) is 0 Å². The summed E-state index contributed by atoms with van der Waals surface area (Å²) in [5.74, 6) is 2.04. The molecule has 3 aromatic rings. The second-order valence-electron chi connectivity index (χ2n) is 6.63. The van der Waals surface area contributed by atoms with Crippen LogP contribution in [-0.2, 0) is 11.2 Å². The third-order valence-corrected chi connectivity index (χ3v) is 4.58. The summed E-state index contributed by atoms with van der Waals surface area (Å²) in [4.78, 5) is 12.4. The fourth-order valence-corrected chi connectivity index (χ4v) is 3.10. The van der Waals surface area contributed by atoms with E-state index in [4.69, 9.17) is 18.9 Å². The number of carbonyl (C=O) groups is 1. The Hall–Kier alpha value is -3.74. The molecule has 162 valence electrons. The average Bonchev–Trinajstić information content (AvgIpc) is 2.78. The largest absolute Gasteiger partial charge is 0.493 e. The lowest BCUT2D eigenvalue weighted by Crippen LogP contribution is -2.12. The maximum Gasteiger partial charge on any atom is 0.224 e. The normalized spacial score (nSPS) is 10.3. The van der Waals surface area contributed by atoms with Gasteiger partial charge in [-0.3, -0.25) is 4.79 Å². The molecule has 31 heavy (non-hydrogen) atoms. The van der Waals surface area contributed by atoms with Crippen molar-refractivity contribution in [2.75, 3.05) is 26.6 Å². The third kappa shape index (κ3) is 5.66. The van der Waals surface area contributed by atoms with E-state index < -0.39 is 0 Å². The molecular formula is C24H24FNO5. The number of benzene rings is 3. The molecule has 1 amide bonds. The molecule has 1 N–H and O–H groups in total. The van der Waals surface area contributed by atoms with Crippen LogP contribution in [0.4, 0.5) is 10.1 Å². The zero-order valence-corrected chi connectivity index (χ0v) is 17.6. The van der Waals surface area contributed by atoms with Gasteiger partial charge in [-0.05, 0) is 54.4 Å². The molecule has 0 atom stereocenters. The Balaban J connectivity index is 1.59. The van der Waals surface area contributed by atoms with Gasteiger partial charge in [0.1, 0.15) is 17.3 Å². The number of rotatable bonds is 9. The monoisotopic (exact) mass is 425 g/mol. The van der Waals surface area contributed by atoms with E-state index in [1.807, 2.05) is 6.07 Å². The quantitative estimate of drug-likeness (QED) is 0.510. The van der Waals surface area contributed by atoms with Crippen LogP contribution in [0.1, 0.15) is 12.0 Å². The minimum absolute atomic E-state index is 0.143. The van der Waals surface area contributed by atoms with Crippen molar-refractivity contribution in [3.05, 3.63) is 72.0 Å². The molecule has 0 spiro atoms. The van der Waals surface area contributed by atoms with Crippen LogP contribution in [0.15, 0.2) is 60.7 Å². The van der Waals surface area contributed by atoms with Gasteiger partial charge in [-0.2, -0.15) is 0 Å². The van der Waals surface area contributed by atoms with Crippen molar-refractivity contribution in [2.24, 2.45) is 0 Å². The van der Waals surface area contributed by atoms with Crippen molar-refractivity contribution in [3.63, 3.8) is 0 Å². The van der Waals surface area contributed by atoms with Crippen molar-refractivity contribution < 1.29 is 28.1 Å². The number of carbonyl (C=O) groups excluding carboxylic acids is 1. The second-order valence-corrected chi connectivity index (χ2v) is 6.63. The minimum Gasteiger partial charge on any atom is -0.493 e. The highest BCUT2D eigenvalue weighted by atomic mass is 19.1. The first kappa shape index (κ1) is 22.0. The highest BCUT2D eigenvalue weighted by Crippen LogP contribution is 2.40. The van der Waals surface area contributed by atoms with Gasteiger partial charge in [0.15, 0.2) is 11.5 Å². The van der Waals surface area contributed by atoms with Gasteiger partial charge in [0.05, 0.1) is 21.3 Å². The topological polar surface area (TPSA) is 66.0 Å². The first-order chi connectivity index (χ1) is 15.0. The van der Waals surface area contributed by atoms with Crippen LogP contribution in [0.25, 0.3) is 0 Å². The SMILES string of the molecule is COc1ccc(CCC(=O)Nc2ccc(Oc3cccc(F)c3)cc2)c(OC)c1OC. The molecule has 0 aromatic heterocycles. The number of ether oxygens (including phenoxy) is 4. The van der Waals surface area contributed by atoms with Gasteiger partial charge in [0, 0.05) is 18.2 Å². The average molecular weight is 425 g/mol. The molecule has 0 unspecified atom stereocenters. The molecule has 0 bridgehead atoms. The summed E-state index contributed by atoms with van der Waals surface area (Å²) in [7, 11) is 4.64. The highest BCUT2D eigenvalue weighted by Gasteiger charge is 2.16. The molecule has 0 saturated heterocycles. The lowest BCUT2D eigenvalue weighted by molar-refractivity contribution is -0.116. The predicted molar refractivity (Wildman–Crippen MR) is 116 cm³/mol. The number of hydrogen-bond acceptors (Lipinski definition) is 5. The molecule has 0 aliphatic rings.